The second-order valence-electron chi connectivity index (χ2n) is 3.70. The summed E-state index contributed by atoms with van der Waals surface area (Å²) in [6.45, 7) is 3.90. The van der Waals surface area contributed by atoms with Crippen LogP contribution in [-0.2, 0) is 7.05 Å². The summed E-state index contributed by atoms with van der Waals surface area (Å²) in [5.74, 6) is 3.26. The maximum Gasteiger partial charge on any atom is 0.349 e. The van der Waals surface area contributed by atoms with Crippen molar-refractivity contribution in [3.63, 3.8) is 0 Å². The summed E-state index contributed by atoms with van der Waals surface area (Å²) in [4.78, 5) is 17.7. The van der Waals surface area contributed by atoms with Gasteiger partial charge in [-0.05, 0) is 6.92 Å². The quantitative estimate of drug-likeness (QED) is 0.703. The number of anilines is 1. The number of hydrogen-bond acceptors (Lipinski definition) is 4. The SMILES string of the molecule is Cc1cc(N2CCSCC2)n(C)c(=O)n1. The summed E-state index contributed by atoms with van der Waals surface area (Å²) < 4.78 is 1.63. The fourth-order valence-electron chi connectivity index (χ4n) is 1.74. The molecule has 5 heteroatoms. The highest BCUT2D eigenvalue weighted by Gasteiger charge is 2.14. The van der Waals surface area contributed by atoms with Crippen molar-refractivity contribution in [1.29, 1.82) is 0 Å². The van der Waals surface area contributed by atoms with Crippen molar-refractivity contribution in [2.75, 3.05) is 29.5 Å². The number of nitrogens with zero attached hydrogens (tertiary/aromatic N) is 3. The average Bonchev–Trinajstić information content (AvgIpc) is 2.24. The largest absolute Gasteiger partial charge is 0.356 e. The summed E-state index contributed by atoms with van der Waals surface area (Å²) in [6, 6.07) is 1.98. The minimum absolute atomic E-state index is 0.164. The van der Waals surface area contributed by atoms with E-state index >= 15 is 0 Å². The van der Waals surface area contributed by atoms with E-state index in [2.05, 4.69) is 9.88 Å². The van der Waals surface area contributed by atoms with Gasteiger partial charge in [0.05, 0.1) is 0 Å². The molecule has 2 heterocycles. The molecule has 0 amide bonds. The molecule has 1 aliphatic rings. The molecule has 1 aromatic rings. The minimum Gasteiger partial charge on any atom is -0.356 e. The van der Waals surface area contributed by atoms with Gasteiger partial charge in [0.1, 0.15) is 5.82 Å². The smallest absolute Gasteiger partial charge is 0.349 e. The first-order valence-corrected chi connectivity index (χ1v) is 6.21. The van der Waals surface area contributed by atoms with Crippen molar-refractivity contribution < 1.29 is 0 Å². The lowest BCUT2D eigenvalue weighted by atomic mass is 10.3. The molecule has 1 aliphatic heterocycles. The van der Waals surface area contributed by atoms with Crippen molar-refractivity contribution in [2.45, 2.75) is 6.92 Å². The number of thioether (sulfide) groups is 1. The Kier molecular flexibility index (Phi) is 3.00. The Balaban J connectivity index is 2.37. The second kappa shape index (κ2) is 4.26. The summed E-state index contributed by atoms with van der Waals surface area (Å²) in [5.41, 5.74) is 0.634. The molecule has 0 aromatic carbocycles. The first-order valence-electron chi connectivity index (χ1n) is 5.06. The molecular weight excluding hydrogens is 210 g/mol. The fourth-order valence-corrected chi connectivity index (χ4v) is 2.64. The predicted molar refractivity (Wildman–Crippen MR) is 63.8 cm³/mol. The summed E-state index contributed by atoms with van der Waals surface area (Å²) >= 11 is 1.96. The van der Waals surface area contributed by atoms with Crippen LogP contribution in [0.15, 0.2) is 10.9 Å². The third-order valence-corrected chi connectivity index (χ3v) is 3.52. The van der Waals surface area contributed by atoms with Crippen LogP contribution in [0.5, 0.6) is 0 Å². The van der Waals surface area contributed by atoms with Gasteiger partial charge in [-0.15, -0.1) is 0 Å². The van der Waals surface area contributed by atoms with E-state index in [9.17, 15) is 4.79 Å². The van der Waals surface area contributed by atoms with Crippen molar-refractivity contribution in [2.24, 2.45) is 7.05 Å². The zero-order chi connectivity index (χ0) is 10.8. The van der Waals surface area contributed by atoms with Crippen LogP contribution in [-0.4, -0.2) is 34.1 Å². The molecule has 0 radical (unpaired) electrons. The van der Waals surface area contributed by atoms with Gasteiger partial charge in [0.15, 0.2) is 0 Å². The summed E-state index contributed by atoms with van der Waals surface area (Å²) in [5, 5.41) is 0. The Labute approximate surface area is 93.3 Å². The van der Waals surface area contributed by atoms with E-state index in [-0.39, 0.29) is 5.69 Å². The molecule has 0 unspecified atom stereocenters. The van der Waals surface area contributed by atoms with Crippen LogP contribution in [0.25, 0.3) is 0 Å². The van der Waals surface area contributed by atoms with Crippen molar-refractivity contribution in [1.82, 2.24) is 9.55 Å². The Morgan fingerprint density at radius 2 is 2.07 bits per heavy atom. The van der Waals surface area contributed by atoms with E-state index in [1.807, 2.05) is 24.8 Å². The molecule has 1 aromatic heterocycles. The van der Waals surface area contributed by atoms with Gasteiger partial charge in [-0.25, -0.2) is 4.79 Å². The van der Waals surface area contributed by atoms with Crippen LogP contribution < -0.4 is 10.6 Å². The molecule has 1 fully saturated rings. The Morgan fingerprint density at radius 1 is 1.40 bits per heavy atom. The van der Waals surface area contributed by atoms with E-state index in [0.29, 0.717) is 0 Å². The van der Waals surface area contributed by atoms with Gasteiger partial charge < -0.3 is 4.90 Å². The molecule has 0 N–H and O–H groups in total. The van der Waals surface area contributed by atoms with Gasteiger partial charge >= 0.3 is 5.69 Å². The minimum atomic E-state index is -0.164. The number of rotatable bonds is 1. The van der Waals surface area contributed by atoms with Crippen LogP contribution in [0.4, 0.5) is 5.82 Å². The fraction of sp³-hybridized carbons (Fsp3) is 0.600. The van der Waals surface area contributed by atoms with Crippen LogP contribution in [0.3, 0.4) is 0 Å². The molecule has 0 aliphatic carbocycles. The molecular formula is C10H15N3OS. The van der Waals surface area contributed by atoms with Crippen molar-refractivity contribution in [3.8, 4) is 0 Å². The third-order valence-electron chi connectivity index (χ3n) is 2.58. The first-order chi connectivity index (χ1) is 7.18. The second-order valence-corrected chi connectivity index (χ2v) is 4.92. The third kappa shape index (κ3) is 2.17. The van der Waals surface area contributed by atoms with Gasteiger partial charge in [-0.2, -0.15) is 16.7 Å². The van der Waals surface area contributed by atoms with Gasteiger partial charge in [-0.3, -0.25) is 4.57 Å². The van der Waals surface area contributed by atoms with Gasteiger partial charge in [0.2, 0.25) is 0 Å². The maximum absolute atomic E-state index is 11.5. The standard InChI is InChI=1S/C10H15N3OS/c1-8-7-9(12(2)10(14)11-8)13-3-5-15-6-4-13/h7H,3-6H2,1-2H3. The zero-order valence-electron chi connectivity index (χ0n) is 9.06. The van der Waals surface area contributed by atoms with E-state index in [4.69, 9.17) is 0 Å². The average molecular weight is 225 g/mol. The number of hydrogen-bond donors (Lipinski definition) is 0. The molecule has 0 saturated carbocycles. The topological polar surface area (TPSA) is 38.1 Å². The molecule has 0 bridgehead atoms. The maximum atomic E-state index is 11.5. The van der Waals surface area contributed by atoms with Crippen LogP contribution in [0, 0.1) is 6.92 Å². The zero-order valence-corrected chi connectivity index (χ0v) is 9.88. The Hall–Kier alpha value is -0.970. The van der Waals surface area contributed by atoms with Crippen molar-refractivity contribution in [3.05, 3.63) is 22.2 Å². The molecule has 82 valence electrons. The molecule has 4 nitrogen and oxygen atoms in total. The van der Waals surface area contributed by atoms with Gasteiger partial charge in [-0.1, -0.05) is 0 Å². The normalized spacial score (nSPS) is 16.8. The predicted octanol–water partition coefficient (Wildman–Crippen LogP) is 0.642. The first kappa shape index (κ1) is 10.5. The molecule has 1 saturated heterocycles. The van der Waals surface area contributed by atoms with Crippen LogP contribution in [0.2, 0.25) is 0 Å². The highest BCUT2D eigenvalue weighted by molar-refractivity contribution is 7.99. The molecule has 2 rings (SSSR count). The summed E-state index contributed by atoms with van der Waals surface area (Å²) in [7, 11) is 1.78. The van der Waals surface area contributed by atoms with E-state index in [0.717, 1.165) is 36.1 Å². The monoisotopic (exact) mass is 225 g/mol. The van der Waals surface area contributed by atoms with Crippen molar-refractivity contribution >= 4 is 17.6 Å². The Bertz CT molecular complexity index is 410. The van der Waals surface area contributed by atoms with Crippen LogP contribution in [0.1, 0.15) is 5.69 Å². The van der Waals surface area contributed by atoms with Gasteiger partial charge in [0, 0.05) is 43.4 Å². The van der Waals surface area contributed by atoms with Crippen LogP contribution >= 0.6 is 11.8 Å². The number of aromatic nitrogens is 2. The molecule has 15 heavy (non-hydrogen) atoms. The lowest BCUT2D eigenvalue weighted by Gasteiger charge is -2.29. The highest BCUT2D eigenvalue weighted by Crippen LogP contribution is 2.17. The lowest BCUT2D eigenvalue weighted by Crippen LogP contribution is -2.37. The lowest BCUT2D eigenvalue weighted by molar-refractivity contribution is 0.734. The van der Waals surface area contributed by atoms with E-state index < -0.39 is 0 Å². The highest BCUT2D eigenvalue weighted by atomic mass is 32.2. The van der Waals surface area contributed by atoms with E-state index in [1.165, 1.54) is 0 Å². The number of aryl methyl sites for hydroxylation is 1. The molecule has 0 atom stereocenters. The summed E-state index contributed by atoms with van der Waals surface area (Å²) in [6.07, 6.45) is 0. The van der Waals surface area contributed by atoms with Gasteiger partial charge in [0.25, 0.3) is 0 Å². The molecule has 0 spiro atoms. The van der Waals surface area contributed by atoms with E-state index in [1.54, 1.807) is 11.6 Å². The Morgan fingerprint density at radius 3 is 2.73 bits per heavy atom.